The number of rotatable bonds is 4. The molecular weight excluding hydrogens is 266 g/mol. The van der Waals surface area contributed by atoms with Gasteiger partial charge in [-0.25, -0.2) is 0 Å². The van der Waals surface area contributed by atoms with Crippen molar-refractivity contribution in [3.63, 3.8) is 0 Å². The van der Waals surface area contributed by atoms with E-state index in [2.05, 4.69) is 48.4 Å². The lowest BCUT2D eigenvalue weighted by molar-refractivity contribution is -0.128. The molecule has 1 saturated heterocycles. The van der Waals surface area contributed by atoms with Crippen LogP contribution in [-0.2, 0) is 11.2 Å². The van der Waals surface area contributed by atoms with Crippen molar-refractivity contribution in [2.45, 2.75) is 38.6 Å². The van der Waals surface area contributed by atoms with Crippen molar-refractivity contribution in [1.29, 1.82) is 0 Å². The van der Waals surface area contributed by atoms with Gasteiger partial charge >= 0.3 is 0 Å². The van der Waals surface area contributed by atoms with Crippen LogP contribution >= 0.6 is 11.3 Å². The minimum Gasteiger partial charge on any atom is -0.297 e. The van der Waals surface area contributed by atoms with Crippen LogP contribution in [0, 0.1) is 0 Å². The topological polar surface area (TPSA) is 20.3 Å². The number of hydrogen-bond acceptors (Lipinski definition) is 3. The molecule has 3 rings (SSSR count). The maximum Gasteiger partial charge on any atom is 0.156 e. The van der Waals surface area contributed by atoms with Crippen molar-refractivity contribution < 1.29 is 4.79 Å². The molecule has 1 fully saturated rings. The van der Waals surface area contributed by atoms with Gasteiger partial charge in [0.1, 0.15) is 0 Å². The highest BCUT2D eigenvalue weighted by Gasteiger charge is 2.35. The van der Waals surface area contributed by atoms with Gasteiger partial charge in [-0.15, -0.1) is 11.3 Å². The highest BCUT2D eigenvalue weighted by molar-refractivity contribution is 7.17. The smallest absolute Gasteiger partial charge is 0.156 e. The Balaban J connectivity index is 1.81. The first-order valence-electron chi connectivity index (χ1n) is 7.32. The van der Waals surface area contributed by atoms with Crippen molar-refractivity contribution in [2.75, 3.05) is 13.1 Å². The fourth-order valence-electron chi connectivity index (χ4n) is 3.01. The predicted molar refractivity (Wildman–Crippen MR) is 85.4 cm³/mol. The van der Waals surface area contributed by atoms with E-state index in [1.165, 1.54) is 28.5 Å². The zero-order valence-corrected chi connectivity index (χ0v) is 13.0. The lowest BCUT2D eigenvalue weighted by Gasteiger charge is -2.33. The van der Waals surface area contributed by atoms with Gasteiger partial charge < -0.3 is 0 Å². The van der Waals surface area contributed by atoms with E-state index in [0.717, 1.165) is 13.1 Å². The van der Waals surface area contributed by atoms with Gasteiger partial charge in [0.2, 0.25) is 0 Å². The third-order valence-electron chi connectivity index (χ3n) is 4.49. The molecule has 0 bridgehead atoms. The third kappa shape index (κ3) is 2.40. The zero-order valence-electron chi connectivity index (χ0n) is 12.2. The van der Waals surface area contributed by atoms with Gasteiger partial charge in [0.25, 0.3) is 0 Å². The molecule has 0 N–H and O–H groups in total. The quantitative estimate of drug-likeness (QED) is 0.850. The van der Waals surface area contributed by atoms with Crippen LogP contribution < -0.4 is 0 Å². The summed E-state index contributed by atoms with van der Waals surface area (Å²) in [6.07, 6.45) is 2.99. The van der Waals surface area contributed by atoms with E-state index in [0.29, 0.717) is 12.2 Å². The Hall–Kier alpha value is -1.19. The molecular formula is C17H21NOS. The molecule has 1 aromatic heterocycles. The Morgan fingerprint density at radius 3 is 2.70 bits per heavy atom. The van der Waals surface area contributed by atoms with Gasteiger partial charge in [-0.3, -0.25) is 9.69 Å². The third-order valence-corrected chi connectivity index (χ3v) is 5.50. The standard InChI is InChI=1S/C17H21NOS/c1-17(2,18-9-5-6-10-18)16(19)11-13-12-20-15-8-4-3-7-14(13)15/h3-4,7-8,12H,5-6,9-11H2,1-2H3. The predicted octanol–water partition coefficient (Wildman–Crippen LogP) is 3.89. The molecule has 0 saturated carbocycles. The van der Waals surface area contributed by atoms with Gasteiger partial charge in [0.05, 0.1) is 5.54 Å². The van der Waals surface area contributed by atoms with Crippen LogP contribution in [0.3, 0.4) is 0 Å². The average Bonchev–Trinajstić information content (AvgIpc) is 3.09. The first kappa shape index (κ1) is 13.8. The molecule has 2 heterocycles. The fourth-order valence-corrected chi connectivity index (χ4v) is 3.97. The minimum atomic E-state index is -0.334. The summed E-state index contributed by atoms with van der Waals surface area (Å²) in [5, 5.41) is 3.38. The summed E-state index contributed by atoms with van der Waals surface area (Å²) in [7, 11) is 0. The fraction of sp³-hybridized carbons (Fsp3) is 0.471. The van der Waals surface area contributed by atoms with Crippen LogP contribution in [0.2, 0.25) is 0 Å². The summed E-state index contributed by atoms with van der Waals surface area (Å²) in [5.41, 5.74) is 0.849. The van der Waals surface area contributed by atoms with Crippen LogP contribution in [0.4, 0.5) is 0 Å². The summed E-state index contributed by atoms with van der Waals surface area (Å²) >= 11 is 1.73. The van der Waals surface area contributed by atoms with Crippen LogP contribution in [0.5, 0.6) is 0 Å². The number of benzene rings is 1. The van der Waals surface area contributed by atoms with E-state index in [4.69, 9.17) is 0 Å². The van der Waals surface area contributed by atoms with E-state index in [-0.39, 0.29) is 5.54 Å². The van der Waals surface area contributed by atoms with Gasteiger partial charge in [-0.2, -0.15) is 0 Å². The molecule has 0 unspecified atom stereocenters. The molecule has 20 heavy (non-hydrogen) atoms. The van der Waals surface area contributed by atoms with Gasteiger partial charge in [-0.1, -0.05) is 18.2 Å². The maximum atomic E-state index is 12.7. The number of thiophene rings is 1. The Bertz CT molecular complexity index is 623. The van der Waals surface area contributed by atoms with Crippen LogP contribution in [0.1, 0.15) is 32.3 Å². The number of carbonyl (C=O) groups is 1. The van der Waals surface area contributed by atoms with Crippen LogP contribution in [-0.4, -0.2) is 29.3 Å². The number of ketones is 1. The second-order valence-corrected chi connectivity index (χ2v) is 7.02. The highest BCUT2D eigenvalue weighted by atomic mass is 32.1. The van der Waals surface area contributed by atoms with Crippen molar-refractivity contribution in [3.8, 4) is 0 Å². The number of carbonyl (C=O) groups excluding carboxylic acids is 1. The van der Waals surface area contributed by atoms with Crippen molar-refractivity contribution in [2.24, 2.45) is 0 Å². The van der Waals surface area contributed by atoms with Crippen molar-refractivity contribution in [1.82, 2.24) is 4.90 Å². The van der Waals surface area contributed by atoms with E-state index in [9.17, 15) is 4.79 Å². The second-order valence-electron chi connectivity index (χ2n) is 6.11. The molecule has 1 aliphatic heterocycles. The second kappa shape index (κ2) is 5.30. The van der Waals surface area contributed by atoms with Gasteiger partial charge in [-0.05, 0) is 62.2 Å². The van der Waals surface area contributed by atoms with E-state index in [1.54, 1.807) is 11.3 Å². The molecule has 3 heteroatoms. The first-order valence-corrected chi connectivity index (χ1v) is 8.20. The SMILES string of the molecule is CC(C)(C(=O)Cc1csc2ccccc12)N1CCCC1. The number of nitrogens with zero attached hydrogens (tertiary/aromatic N) is 1. The summed E-state index contributed by atoms with van der Waals surface area (Å²) in [5.74, 6) is 0.336. The molecule has 106 valence electrons. The molecule has 2 nitrogen and oxygen atoms in total. The monoisotopic (exact) mass is 287 g/mol. The summed E-state index contributed by atoms with van der Waals surface area (Å²) in [4.78, 5) is 15.1. The molecule has 0 amide bonds. The molecule has 1 aromatic carbocycles. The number of hydrogen-bond donors (Lipinski definition) is 0. The highest BCUT2D eigenvalue weighted by Crippen LogP contribution is 2.29. The Labute approximate surface area is 124 Å². The van der Waals surface area contributed by atoms with Crippen LogP contribution in [0.25, 0.3) is 10.1 Å². The number of Topliss-reactive ketones (excluding diaryl/α,β-unsaturated/α-hetero) is 1. The largest absolute Gasteiger partial charge is 0.297 e. The normalized spacial score (nSPS) is 16.9. The molecule has 0 radical (unpaired) electrons. The lowest BCUT2D eigenvalue weighted by atomic mass is 9.92. The van der Waals surface area contributed by atoms with Gasteiger partial charge in [0.15, 0.2) is 5.78 Å². The first-order chi connectivity index (χ1) is 9.59. The van der Waals surface area contributed by atoms with E-state index in [1.807, 2.05) is 0 Å². The lowest BCUT2D eigenvalue weighted by Crippen LogP contribution is -2.49. The average molecular weight is 287 g/mol. The summed E-state index contributed by atoms with van der Waals surface area (Å²) in [6, 6.07) is 8.35. The molecule has 2 aromatic rings. The Morgan fingerprint density at radius 1 is 1.25 bits per heavy atom. The molecule has 0 aliphatic carbocycles. The van der Waals surface area contributed by atoms with E-state index >= 15 is 0 Å². The van der Waals surface area contributed by atoms with Crippen molar-refractivity contribution >= 4 is 27.2 Å². The Morgan fingerprint density at radius 2 is 1.95 bits per heavy atom. The summed E-state index contributed by atoms with van der Waals surface area (Å²) in [6.45, 7) is 6.27. The van der Waals surface area contributed by atoms with E-state index < -0.39 is 0 Å². The van der Waals surface area contributed by atoms with Crippen LogP contribution in [0.15, 0.2) is 29.6 Å². The van der Waals surface area contributed by atoms with Crippen molar-refractivity contribution in [3.05, 3.63) is 35.2 Å². The number of fused-ring (bicyclic) bond motifs is 1. The minimum absolute atomic E-state index is 0.334. The number of likely N-dealkylation sites (tertiary alicyclic amines) is 1. The zero-order chi connectivity index (χ0) is 14.2. The molecule has 0 spiro atoms. The Kier molecular flexibility index (Phi) is 3.65. The molecule has 0 atom stereocenters. The molecule has 1 aliphatic rings. The van der Waals surface area contributed by atoms with Gasteiger partial charge in [0, 0.05) is 11.1 Å². The maximum absolute atomic E-state index is 12.7. The summed E-state index contributed by atoms with van der Waals surface area (Å²) < 4.78 is 1.27.